The highest BCUT2D eigenvalue weighted by Crippen LogP contribution is 2.32. The number of aromatic hydroxyl groups is 1. The van der Waals surface area contributed by atoms with Crippen molar-refractivity contribution in [2.75, 3.05) is 11.9 Å². The predicted octanol–water partition coefficient (Wildman–Crippen LogP) is 2.24. The third kappa shape index (κ3) is 2.27. The topological polar surface area (TPSA) is 61.4 Å². The third-order valence-electron chi connectivity index (χ3n) is 3.53. The number of nitrogens with one attached hydrogen (secondary N) is 2. The SMILES string of the molecule is O=C(Nc1c(O)ccc2ccccc12)[C@@H]1CCCN1. The molecule has 2 aromatic carbocycles. The maximum absolute atomic E-state index is 12.1. The van der Waals surface area contributed by atoms with Gasteiger partial charge in [0.05, 0.1) is 11.7 Å². The van der Waals surface area contributed by atoms with Crippen LogP contribution in [0.5, 0.6) is 5.75 Å². The highest BCUT2D eigenvalue weighted by Gasteiger charge is 2.23. The van der Waals surface area contributed by atoms with E-state index in [2.05, 4.69) is 10.6 Å². The summed E-state index contributed by atoms with van der Waals surface area (Å²) in [6, 6.07) is 11.0. The molecule has 2 aromatic rings. The number of carbonyl (C=O) groups is 1. The Hall–Kier alpha value is -2.07. The van der Waals surface area contributed by atoms with Gasteiger partial charge in [-0.15, -0.1) is 0 Å². The molecule has 0 unspecified atom stereocenters. The largest absolute Gasteiger partial charge is 0.506 e. The van der Waals surface area contributed by atoms with Gasteiger partial charge >= 0.3 is 0 Å². The van der Waals surface area contributed by atoms with E-state index in [0.29, 0.717) is 5.69 Å². The fourth-order valence-electron chi connectivity index (χ4n) is 2.51. The maximum atomic E-state index is 12.1. The van der Waals surface area contributed by atoms with Crippen LogP contribution >= 0.6 is 0 Å². The van der Waals surface area contributed by atoms with Gasteiger partial charge in [0.15, 0.2) is 0 Å². The number of phenols is 1. The molecule has 0 radical (unpaired) electrons. The number of rotatable bonds is 2. The van der Waals surface area contributed by atoms with E-state index >= 15 is 0 Å². The minimum atomic E-state index is -0.154. The Balaban J connectivity index is 1.95. The van der Waals surface area contributed by atoms with Crippen molar-refractivity contribution in [3.8, 4) is 5.75 Å². The summed E-state index contributed by atoms with van der Waals surface area (Å²) >= 11 is 0. The van der Waals surface area contributed by atoms with Crippen LogP contribution in [0.1, 0.15) is 12.8 Å². The minimum absolute atomic E-state index is 0.0795. The molecule has 1 fully saturated rings. The van der Waals surface area contributed by atoms with Crippen molar-refractivity contribution < 1.29 is 9.90 Å². The molecule has 3 rings (SSSR count). The monoisotopic (exact) mass is 256 g/mol. The predicted molar refractivity (Wildman–Crippen MR) is 75.3 cm³/mol. The molecule has 0 bridgehead atoms. The highest BCUT2D eigenvalue weighted by atomic mass is 16.3. The van der Waals surface area contributed by atoms with Gasteiger partial charge in [0.2, 0.25) is 5.91 Å². The first kappa shape index (κ1) is 12.0. The number of phenolic OH excluding ortho intramolecular Hbond substituents is 1. The summed E-state index contributed by atoms with van der Waals surface area (Å²) in [7, 11) is 0. The molecule has 1 atom stereocenters. The molecule has 3 N–H and O–H groups in total. The fraction of sp³-hybridized carbons (Fsp3) is 0.267. The number of hydrogen-bond donors (Lipinski definition) is 3. The second-order valence-electron chi connectivity index (χ2n) is 4.82. The molecular weight excluding hydrogens is 240 g/mol. The average Bonchev–Trinajstić information content (AvgIpc) is 2.96. The molecule has 0 aliphatic carbocycles. The minimum Gasteiger partial charge on any atom is -0.506 e. The van der Waals surface area contributed by atoms with Crippen LogP contribution in [0.25, 0.3) is 10.8 Å². The molecule has 98 valence electrons. The van der Waals surface area contributed by atoms with E-state index in [1.165, 1.54) is 0 Å². The number of carbonyl (C=O) groups excluding carboxylic acids is 1. The van der Waals surface area contributed by atoms with Crippen molar-refractivity contribution in [2.45, 2.75) is 18.9 Å². The van der Waals surface area contributed by atoms with E-state index in [4.69, 9.17) is 0 Å². The van der Waals surface area contributed by atoms with E-state index in [9.17, 15) is 9.90 Å². The lowest BCUT2D eigenvalue weighted by Crippen LogP contribution is -2.35. The second kappa shape index (κ2) is 4.90. The van der Waals surface area contributed by atoms with Crippen molar-refractivity contribution in [3.05, 3.63) is 36.4 Å². The van der Waals surface area contributed by atoms with Gasteiger partial charge in [0.25, 0.3) is 0 Å². The van der Waals surface area contributed by atoms with Crippen molar-refractivity contribution in [3.63, 3.8) is 0 Å². The Kier molecular flexibility index (Phi) is 3.09. The van der Waals surface area contributed by atoms with Gasteiger partial charge in [-0.05, 0) is 30.8 Å². The molecule has 19 heavy (non-hydrogen) atoms. The molecule has 1 heterocycles. The number of fused-ring (bicyclic) bond motifs is 1. The lowest BCUT2D eigenvalue weighted by atomic mass is 10.1. The summed E-state index contributed by atoms with van der Waals surface area (Å²) in [4.78, 5) is 12.1. The Labute approximate surface area is 111 Å². The molecular formula is C15H16N2O2. The normalized spacial score (nSPS) is 18.6. The van der Waals surface area contributed by atoms with Crippen molar-refractivity contribution >= 4 is 22.4 Å². The zero-order valence-electron chi connectivity index (χ0n) is 10.5. The summed E-state index contributed by atoms with van der Waals surface area (Å²) in [5.74, 6) is 0.0224. The molecule has 1 saturated heterocycles. The van der Waals surface area contributed by atoms with E-state index in [-0.39, 0.29) is 17.7 Å². The van der Waals surface area contributed by atoms with E-state index in [1.807, 2.05) is 30.3 Å². The number of amides is 1. The molecule has 0 aromatic heterocycles. The fourth-order valence-corrected chi connectivity index (χ4v) is 2.51. The van der Waals surface area contributed by atoms with E-state index in [1.54, 1.807) is 6.07 Å². The van der Waals surface area contributed by atoms with Crippen LogP contribution in [-0.4, -0.2) is 23.6 Å². The molecule has 4 nitrogen and oxygen atoms in total. The van der Waals surface area contributed by atoms with Crippen LogP contribution in [-0.2, 0) is 4.79 Å². The van der Waals surface area contributed by atoms with Crippen LogP contribution in [0.4, 0.5) is 5.69 Å². The Morgan fingerprint density at radius 1 is 1.26 bits per heavy atom. The van der Waals surface area contributed by atoms with Crippen molar-refractivity contribution in [2.24, 2.45) is 0 Å². The Morgan fingerprint density at radius 3 is 2.89 bits per heavy atom. The number of anilines is 1. The van der Waals surface area contributed by atoms with E-state index in [0.717, 1.165) is 30.2 Å². The smallest absolute Gasteiger partial charge is 0.241 e. The molecule has 0 spiro atoms. The van der Waals surface area contributed by atoms with Crippen LogP contribution < -0.4 is 10.6 Å². The summed E-state index contributed by atoms with van der Waals surface area (Å²) in [6.07, 6.45) is 1.86. The second-order valence-corrected chi connectivity index (χ2v) is 4.82. The zero-order chi connectivity index (χ0) is 13.2. The van der Waals surface area contributed by atoms with Gasteiger partial charge in [0, 0.05) is 5.39 Å². The quantitative estimate of drug-likeness (QED) is 0.722. The molecule has 0 saturated carbocycles. The maximum Gasteiger partial charge on any atom is 0.241 e. The molecule has 1 aliphatic rings. The van der Waals surface area contributed by atoms with Crippen molar-refractivity contribution in [1.82, 2.24) is 5.32 Å². The number of hydrogen-bond acceptors (Lipinski definition) is 3. The first-order valence-electron chi connectivity index (χ1n) is 6.50. The highest BCUT2D eigenvalue weighted by molar-refractivity contribution is 6.06. The molecule has 1 amide bonds. The van der Waals surface area contributed by atoms with Crippen LogP contribution in [0.2, 0.25) is 0 Å². The van der Waals surface area contributed by atoms with Gasteiger partial charge in [-0.2, -0.15) is 0 Å². The van der Waals surface area contributed by atoms with Gasteiger partial charge < -0.3 is 15.7 Å². The van der Waals surface area contributed by atoms with Crippen LogP contribution in [0.3, 0.4) is 0 Å². The van der Waals surface area contributed by atoms with Gasteiger partial charge in [-0.1, -0.05) is 30.3 Å². The summed E-state index contributed by atoms with van der Waals surface area (Å²) in [5, 5.41) is 17.8. The van der Waals surface area contributed by atoms with Gasteiger partial charge in [-0.25, -0.2) is 0 Å². The lowest BCUT2D eigenvalue weighted by Gasteiger charge is -2.14. The molecule has 4 heteroatoms. The Bertz CT molecular complexity index is 619. The summed E-state index contributed by atoms with van der Waals surface area (Å²) < 4.78 is 0. The third-order valence-corrected chi connectivity index (χ3v) is 3.53. The van der Waals surface area contributed by atoms with Crippen molar-refractivity contribution in [1.29, 1.82) is 0 Å². The summed E-state index contributed by atoms with van der Waals surface area (Å²) in [6.45, 7) is 0.875. The number of benzene rings is 2. The first-order valence-corrected chi connectivity index (χ1v) is 6.50. The zero-order valence-corrected chi connectivity index (χ0v) is 10.5. The first-order chi connectivity index (χ1) is 9.25. The molecule has 1 aliphatic heterocycles. The average molecular weight is 256 g/mol. The summed E-state index contributed by atoms with van der Waals surface area (Å²) in [5.41, 5.74) is 0.497. The van der Waals surface area contributed by atoms with Crippen LogP contribution in [0, 0.1) is 0 Å². The van der Waals surface area contributed by atoms with Crippen LogP contribution in [0.15, 0.2) is 36.4 Å². The standard InChI is InChI=1S/C15H16N2O2/c18-13-8-7-10-4-1-2-5-11(10)14(13)17-15(19)12-6-3-9-16-12/h1-2,4-5,7-8,12,16,18H,3,6,9H2,(H,17,19)/t12-/m0/s1. The van der Waals surface area contributed by atoms with Gasteiger partial charge in [-0.3, -0.25) is 4.79 Å². The van der Waals surface area contributed by atoms with E-state index < -0.39 is 0 Å². The van der Waals surface area contributed by atoms with Gasteiger partial charge in [0.1, 0.15) is 5.75 Å². The Morgan fingerprint density at radius 2 is 2.11 bits per heavy atom. The lowest BCUT2D eigenvalue weighted by molar-refractivity contribution is -0.117.